The fraction of sp³-hybridized carbons (Fsp3) is 0.300. The summed E-state index contributed by atoms with van der Waals surface area (Å²) in [6.45, 7) is 2.97. The maximum absolute atomic E-state index is 12.4. The van der Waals surface area contributed by atoms with Crippen molar-refractivity contribution in [3.8, 4) is 11.5 Å². The Morgan fingerprint density at radius 1 is 1.30 bits per heavy atom. The number of rotatable bonds is 8. The van der Waals surface area contributed by atoms with Crippen LogP contribution in [-0.4, -0.2) is 36.1 Å². The minimum atomic E-state index is -0.151. The Bertz CT molecular complexity index is 906. The molecular weight excluding hydrogens is 410 g/mol. The average molecular weight is 432 g/mol. The first-order valence-corrected chi connectivity index (χ1v) is 9.63. The summed E-state index contributed by atoms with van der Waals surface area (Å²) in [7, 11) is 1.55. The number of imidazole rings is 1. The van der Waals surface area contributed by atoms with E-state index in [1.807, 2.05) is 31.2 Å². The van der Waals surface area contributed by atoms with Gasteiger partial charge in [0.25, 0.3) is 5.91 Å². The summed E-state index contributed by atoms with van der Waals surface area (Å²) in [5.41, 5.74) is 2.51. The van der Waals surface area contributed by atoms with Gasteiger partial charge in [0.15, 0.2) is 11.5 Å². The molecule has 0 fully saturated rings. The second-order valence-electron chi connectivity index (χ2n) is 5.98. The van der Waals surface area contributed by atoms with Crippen molar-refractivity contribution in [1.29, 1.82) is 0 Å². The van der Waals surface area contributed by atoms with Crippen LogP contribution in [0.5, 0.6) is 11.5 Å². The molecule has 142 valence electrons. The van der Waals surface area contributed by atoms with Gasteiger partial charge in [0.1, 0.15) is 5.82 Å². The van der Waals surface area contributed by atoms with E-state index >= 15 is 0 Å². The zero-order chi connectivity index (χ0) is 19.2. The van der Waals surface area contributed by atoms with Crippen molar-refractivity contribution in [2.24, 2.45) is 0 Å². The molecule has 27 heavy (non-hydrogen) atoms. The Morgan fingerprint density at radius 2 is 2.11 bits per heavy atom. The lowest BCUT2D eigenvalue weighted by Gasteiger charge is -2.13. The number of nitrogens with zero attached hydrogens (tertiary/aromatic N) is 1. The number of nitrogens with one attached hydrogen (secondary N) is 2. The average Bonchev–Trinajstić information content (AvgIpc) is 3.09. The van der Waals surface area contributed by atoms with E-state index in [1.54, 1.807) is 19.2 Å². The summed E-state index contributed by atoms with van der Waals surface area (Å²) >= 11 is 3.44. The molecule has 1 amide bonds. The molecule has 0 atom stereocenters. The van der Waals surface area contributed by atoms with Crippen LogP contribution in [-0.2, 0) is 6.42 Å². The van der Waals surface area contributed by atoms with Crippen LogP contribution in [0.25, 0.3) is 11.0 Å². The van der Waals surface area contributed by atoms with Crippen molar-refractivity contribution in [1.82, 2.24) is 15.3 Å². The lowest BCUT2D eigenvalue weighted by atomic mass is 10.2. The number of carbonyl (C=O) groups is 1. The SMILES string of the molecule is CCOc1c(Br)cc(C(=O)NCCCc2nc3ccccc3[nH]2)cc1OC. The number of H-pyrrole nitrogens is 1. The molecule has 0 bridgehead atoms. The minimum Gasteiger partial charge on any atom is -0.493 e. The van der Waals surface area contributed by atoms with Crippen molar-refractivity contribution in [2.45, 2.75) is 19.8 Å². The number of para-hydroxylation sites is 2. The van der Waals surface area contributed by atoms with Crippen molar-refractivity contribution >= 4 is 32.9 Å². The maximum Gasteiger partial charge on any atom is 0.251 e. The third-order valence-electron chi connectivity index (χ3n) is 4.09. The molecule has 0 radical (unpaired) electrons. The molecule has 2 N–H and O–H groups in total. The largest absolute Gasteiger partial charge is 0.493 e. The van der Waals surface area contributed by atoms with Crippen LogP contribution in [0, 0.1) is 0 Å². The fourth-order valence-corrected chi connectivity index (χ4v) is 3.38. The number of amides is 1. The number of hydrogen-bond donors (Lipinski definition) is 2. The number of carbonyl (C=O) groups excluding carboxylic acids is 1. The van der Waals surface area contributed by atoms with Gasteiger partial charge >= 0.3 is 0 Å². The lowest BCUT2D eigenvalue weighted by molar-refractivity contribution is 0.0952. The first-order chi connectivity index (χ1) is 13.1. The number of benzene rings is 2. The van der Waals surface area contributed by atoms with Crippen LogP contribution >= 0.6 is 15.9 Å². The van der Waals surface area contributed by atoms with Crippen molar-refractivity contribution in [3.63, 3.8) is 0 Å². The van der Waals surface area contributed by atoms with Crippen LogP contribution in [0.15, 0.2) is 40.9 Å². The number of ether oxygens (including phenoxy) is 2. The Labute approximate surface area is 166 Å². The van der Waals surface area contributed by atoms with Gasteiger partial charge < -0.3 is 19.8 Å². The smallest absolute Gasteiger partial charge is 0.251 e. The first kappa shape index (κ1) is 19.2. The molecule has 0 spiro atoms. The van der Waals surface area contributed by atoms with Gasteiger partial charge in [-0.1, -0.05) is 12.1 Å². The number of hydrogen-bond acceptors (Lipinski definition) is 4. The maximum atomic E-state index is 12.4. The van der Waals surface area contributed by atoms with Gasteiger partial charge in [-0.25, -0.2) is 4.98 Å². The van der Waals surface area contributed by atoms with E-state index in [-0.39, 0.29) is 5.91 Å². The van der Waals surface area contributed by atoms with Crippen LogP contribution in [0.2, 0.25) is 0 Å². The summed E-state index contributed by atoms with van der Waals surface area (Å²) in [5, 5.41) is 2.94. The topological polar surface area (TPSA) is 76.2 Å². The van der Waals surface area contributed by atoms with Gasteiger partial charge in [-0.15, -0.1) is 0 Å². The van der Waals surface area contributed by atoms with E-state index < -0.39 is 0 Å². The van der Waals surface area contributed by atoms with E-state index in [0.29, 0.717) is 34.7 Å². The molecule has 1 aromatic heterocycles. The van der Waals surface area contributed by atoms with Crippen LogP contribution in [0.3, 0.4) is 0 Å². The van der Waals surface area contributed by atoms with Gasteiger partial charge in [0.05, 0.1) is 29.2 Å². The van der Waals surface area contributed by atoms with E-state index in [9.17, 15) is 4.79 Å². The normalized spacial score (nSPS) is 10.8. The van der Waals surface area contributed by atoms with Gasteiger partial charge in [-0.3, -0.25) is 4.79 Å². The van der Waals surface area contributed by atoms with E-state index in [0.717, 1.165) is 29.7 Å². The van der Waals surface area contributed by atoms with E-state index in [1.165, 1.54) is 0 Å². The predicted octanol–water partition coefficient (Wildman–Crippen LogP) is 4.10. The monoisotopic (exact) mass is 431 g/mol. The highest BCUT2D eigenvalue weighted by molar-refractivity contribution is 9.10. The third-order valence-corrected chi connectivity index (χ3v) is 4.68. The fourth-order valence-electron chi connectivity index (χ4n) is 2.82. The van der Waals surface area contributed by atoms with Crippen molar-refractivity contribution < 1.29 is 14.3 Å². The Morgan fingerprint density at radius 3 is 2.85 bits per heavy atom. The number of aromatic amines is 1. The highest BCUT2D eigenvalue weighted by Crippen LogP contribution is 2.36. The number of halogens is 1. The quantitative estimate of drug-likeness (QED) is 0.526. The van der Waals surface area contributed by atoms with Crippen LogP contribution in [0.1, 0.15) is 29.5 Å². The Balaban J connectivity index is 1.56. The van der Waals surface area contributed by atoms with E-state index in [2.05, 4.69) is 31.2 Å². The summed E-state index contributed by atoms with van der Waals surface area (Å²) in [6.07, 6.45) is 1.56. The lowest BCUT2D eigenvalue weighted by Crippen LogP contribution is -2.25. The molecule has 3 aromatic rings. The van der Waals surface area contributed by atoms with Gasteiger partial charge in [-0.2, -0.15) is 0 Å². The summed E-state index contributed by atoms with van der Waals surface area (Å²) in [5.74, 6) is 1.90. The van der Waals surface area contributed by atoms with Crippen LogP contribution in [0.4, 0.5) is 0 Å². The second kappa shape index (κ2) is 8.90. The summed E-state index contributed by atoms with van der Waals surface area (Å²) in [4.78, 5) is 20.3. The number of fused-ring (bicyclic) bond motifs is 1. The van der Waals surface area contributed by atoms with Crippen molar-refractivity contribution in [3.05, 3.63) is 52.3 Å². The number of aromatic nitrogens is 2. The number of aryl methyl sites for hydroxylation is 1. The molecule has 0 aliphatic heterocycles. The first-order valence-electron chi connectivity index (χ1n) is 8.84. The molecule has 1 heterocycles. The highest BCUT2D eigenvalue weighted by atomic mass is 79.9. The van der Waals surface area contributed by atoms with E-state index in [4.69, 9.17) is 9.47 Å². The highest BCUT2D eigenvalue weighted by Gasteiger charge is 2.15. The second-order valence-corrected chi connectivity index (χ2v) is 6.84. The van der Waals surface area contributed by atoms with Gasteiger partial charge in [0, 0.05) is 18.5 Å². The number of methoxy groups -OCH3 is 1. The van der Waals surface area contributed by atoms with Gasteiger partial charge in [-0.05, 0) is 53.5 Å². The minimum absolute atomic E-state index is 0.151. The molecule has 6 nitrogen and oxygen atoms in total. The molecule has 0 saturated carbocycles. The zero-order valence-corrected chi connectivity index (χ0v) is 16.9. The molecule has 3 rings (SSSR count). The standard InChI is InChI=1S/C20H22BrN3O3/c1-3-27-19-14(21)11-13(12-17(19)26-2)20(25)22-10-6-9-18-23-15-7-4-5-8-16(15)24-18/h4-5,7-8,11-12H,3,6,9-10H2,1-2H3,(H,22,25)(H,23,24). The van der Waals surface area contributed by atoms with Crippen LogP contribution < -0.4 is 14.8 Å². The third kappa shape index (κ3) is 4.60. The molecule has 2 aromatic carbocycles. The molecular formula is C20H22BrN3O3. The molecule has 0 unspecified atom stereocenters. The summed E-state index contributed by atoms with van der Waals surface area (Å²) < 4.78 is 11.6. The Kier molecular flexibility index (Phi) is 6.34. The zero-order valence-electron chi connectivity index (χ0n) is 15.3. The van der Waals surface area contributed by atoms with Crippen molar-refractivity contribution in [2.75, 3.05) is 20.3 Å². The molecule has 7 heteroatoms. The van der Waals surface area contributed by atoms with Gasteiger partial charge in [0.2, 0.25) is 0 Å². The Hall–Kier alpha value is -2.54. The predicted molar refractivity (Wildman–Crippen MR) is 109 cm³/mol. The molecule has 0 saturated heterocycles. The molecule has 0 aliphatic carbocycles. The summed E-state index contributed by atoms with van der Waals surface area (Å²) in [6, 6.07) is 11.4. The molecule has 0 aliphatic rings.